The van der Waals surface area contributed by atoms with Gasteiger partial charge < -0.3 is 11.1 Å². The maximum atomic E-state index is 13.6. The van der Waals surface area contributed by atoms with Crippen LogP contribution in [0.2, 0.25) is 0 Å². The van der Waals surface area contributed by atoms with E-state index in [2.05, 4.69) is 11.4 Å². The molecule has 0 amide bonds. The van der Waals surface area contributed by atoms with Gasteiger partial charge in [-0.15, -0.1) is 0 Å². The van der Waals surface area contributed by atoms with E-state index in [0.29, 0.717) is 22.5 Å². The first-order chi connectivity index (χ1) is 8.74. The molecule has 2 rings (SSSR count). The van der Waals surface area contributed by atoms with Crippen molar-refractivity contribution in [3.05, 3.63) is 59.4 Å². The highest BCUT2D eigenvalue weighted by Gasteiger charge is 2.04. The summed E-state index contributed by atoms with van der Waals surface area (Å²) in [6, 6.07) is 13.9. The van der Waals surface area contributed by atoms with Crippen molar-refractivity contribution in [3.63, 3.8) is 0 Å². The van der Waals surface area contributed by atoms with Crippen LogP contribution in [-0.4, -0.2) is 0 Å². The minimum absolute atomic E-state index is 0.168. The monoisotopic (exact) mass is 241 g/mol. The van der Waals surface area contributed by atoms with E-state index in [4.69, 9.17) is 11.0 Å². The fourth-order valence-electron chi connectivity index (χ4n) is 1.64. The average Bonchev–Trinajstić information content (AvgIpc) is 2.39. The third-order valence-corrected chi connectivity index (χ3v) is 2.60. The molecule has 0 unspecified atom stereocenters. The van der Waals surface area contributed by atoms with Gasteiger partial charge in [-0.2, -0.15) is 5.26 Å². The number of anilines is 2. The van der Waals surface area contributed by atoms with Gasteiger partial charge in [0.1, 0.15) is 11.9 Å². The van der Waals surface area contributed by atoms with Crippen molar-refractivity contribution in [1.82, 2.24) is 0 Å². The Morgan fingerprint density at radius 1 is 1.22 bits per heavy atom. The number of halogens is 1. The molecular weight excluding hydrogens is 229 g/mol. The van der Waals surface area contributed by atoms with Gasteiger partial charge in [0.15, 0.2) is 0 Å². The van der Waals surface area contributed by atoms with Crippen LogP contribution < -0.4 is 11.1 Å². The Hall–Kier alpha value is -2.38. The Balaban J connectivity index is 2.29. The molecule has 2 aromatic rings. The van der Waals surface area contributed by atoms with E-state index < -0.39 is 0 Å². The molecule has 0 saturated heterocycles. The first kappa shape index (κ1) is 12.1. The largest absolute Gasteiger partial charge is 0.354 e. The number of nitrogens with zero attached hydrogens (tertiary/aromatic N) is 1. The van der Waals surface area contributed by atoms with Crippen LogP contribution in [0.3, 0.4) is 0 Å². The van der Waals surface area contributed by atoms with E-state index in [0.717, 1.165) is 0 Å². The fraction of sp³-hybridized carbons (Fsp3) is 0.0714. The van der Waals surface area contributed by atoms with Crippen molar-refractivity contribution >= 4 is 11.4 Å². The molecule has 18 heavy (non-hydrogen) atoms. The van der Waals surface area contributed by atoms with Crippen molar-refractivity contribution in [3.8, 4) is 6.07 Å². The smallest absolute Gasteiger partial charge is 0.129 e. The molecule has 0 aromatic heterocycles. The van der Waals surface area contributed by atoms with Crippen LogP contribution >= 0.6 is 0 Å². The van der Waals surface area contributed by atoms with Gasteiger partial charge in [0, 0.05) is 17.8 Å². The lowest BCUT2D eigenvalue weighted by Gasteiger charge is -2.09. The van der Waals surface area contributed by atoms with Gasteiger partial charge >= 0.3 is 0 Å². The van der Waals surface area contributed by atoms with Crippen molar-refractivity contribution in [2.45, 2.75) is 6.54 Å². The van der Waals surface area contributed by atoms with E-state index in [1.165, 1.54) is 6.07 Å². The molecule has 0 aliphatic rings. The second-order valence-electron chi connectivity index (χ2n) is 3.79. The Bertz CT molecular complexity index is 602. The van der Waals surface area contributed by atoms with Gasteiger partial charge in [0.05, 0.1) is 11.3 Å². The average molecular weight is 241 g/mol. The van der Waals surface area contributed by atoms with Gasteiger partial charge in [-0.25, -0.2) is 4.39 Å². The van der Waals surface area contributed by atoms with Crippen LogP contribution in [-0.2, 0) is 6.54 Å². The Morgan fingerprint density at radius 3 is 2.67 bits per heavy atom. The van der Waals surface area contributed by atoms with Gasteiger partial charge in [-0.05, 0) is 24.3 Å². The van der Waals surface area contributed by atoms with Crippen LogP contribution in [0.1, 0.15) is 11.1 Å². The van der Waals surface area contributed by atoms with Crippen molar-refractivity contribution in [2.75, 3.05) is 5.32 Å². The predicted octanol–water partition coefficient (Wildman–Crippen LogP) is 2.90. The van der Waals surface area contributed by atoms with E-state index in [9.17, 15) is 4.39 Å². The molecule has 0 saturated carbocycles. The van der Waals surface area contributed by atoms with Crippen LogP contribution in [0.4, 0.5) is 15.8 Å². The lowest BCUT2D eigenvalue weighted by atomic mass is 10.1. The maximum Gasteiger partial charge on any atom is 0.129 e. The van der Waals surface area contributed by atoms with Crippen molar-refractivity contribution in [1.29, 1.82) is 5.26 Å². The lowest BCUT2D eigenvalue weighted by molar-refractivity contribution is 0.611. The molecule has 0 heterocycles. The zero-order chi connectivity index (χ0) is 13.0. The topological polar surface area (TPSA) is 61.8 Å². The quantitative estimate of drug-likeness (QED) is 0.868. The van der Waals surface area contributed by atoms with E-state index in [1.807, 2.05) is 6.07 Å². The first-order valence-electron chi connectivity index (χ1n) is 5.49. The number of nitriles is 1. The number of nitrogens with two attached hydrogens (primary N) is 1. The summed E-state index contributed by atoms with van der Waals surface area (Å²) in [6.45, 7) is 0.168. The van der Waals surface area contributed by atoms with E-state index >= 15 is 0 Å². The summed E-state index contributed by atoms with van der Waals surface area (Å²) in [6.07, 6.45) is 0. The Labute approximate surface area is 105 Å². The fourth-order valence-corrected chi connectivity index (χ4v) is 1.64. The van der Waals surface area contributed by atoms with Crippen LogP contribution in [0.5, 0.6) is 0 Å². The minimum Gasteiger partial charge on any atom is -0.354 e. The number of benzene rings is 2. The number of hydrogen-bond acceptors (Lipinski definition) is 3. The van der Waals surface area contributed by atoms with Gasteiger partial charge in [-0.3, -0.25) is 0 Å². The summed E-state index contributed by atoms with van der Waals surface area (Å²) in [5, 5.41) is 12.0. The van der Waals surface area contributed by atoms with Gasteiger partial charge in [0.2, 0.25) is 0 Å². The van der Waals surface area contributed by atoms with Crippen LogP contribution in [0, 0.1) is 17.1 Å². The zero-order valence-corrected chi connectivity index (χ0v) is 9.65. The van der Waals surface area contributed by atoms with Gasteiger partial charge in [-0.1, -0.05) is 18.2 Å². The second-order valence-corrected chi connectivity index (χ2v) is 3.79. The highest BCUT2D eigenvalue weighted by atomic mass is 19.1. The molecule has 4 heteroatoms. The molecule has 2 aromatic carbocycles. The number of rotatable bonds is 3. The van der Waals surface area contributed by atoms with Crippen molar-refractivity contribution in [2.24, 2.45) is 5.73 Å². The number of para-hydroxylation sites is 1. The summed E-state index contributed by atoms with van der Waals surface area (Å²) in [4.78, 5) is 0. The number of nitrogens with one attached hydrogen (secondary N) is 1. The summed E-state index contributed by atoms with van der Waals surface area (Å²) < 4.78 is 13.6. The van der Waals surface area contributed by atoms with Crippen LogP contribution in [0.25, 0.3) is 0 Å². The predicted molar refractivity (Wildman–Crippen MR) is 68.7 cm³/mol. The molecule has 0 aliphatic heterocycles. The molecule has 0 fully saturated rings. The first-order valence-corrected chi connectivity index (χ1v) is 5.49. The minimum atomic E-state index is -0.350. The normalized spacial score (nSPS) is 9.83. The number of hydrogen-bond donors (Lipinski definition) is 2. The van der Waals surface area contributed by atoms with E-state index in [1.54, 1.807) is 30.3 Å². The summed E-state index contributed by atoms with van der Waals surface area (Å²) >= 11 is 0. The van der Waals surface area contributed by atoms with E-state index in [-0.39, 0.29) is 12.4 Å². The molecule has 0 aliphatic carbocycles. The Morgan fingerprint density at radius 2 is 2.00 bits per heavy atom. The third-order valence-electron chi connectivity index (χ3n) is 2.60. The van der Waals surface area contributed by atoms with Gasteiger partial charge in [0.25, 0.3) is 0 Å². The molecule has 90 valence electrons. The summed E-state index contributed by atoms with van der Waals surface area (Å²) in [7, 11) is 0. The SMILES string of the molecule is N#Cc1ccccc1Nc1ccc(CN)c(F)c1. The molecule has 3 nitrogen and oxygen atoms in total. The maximum absolute atomic E-state index is 13.6. The molecular formula is C14H12FN3. The third kappa shape index (κ3) is 2.47. The summed E-state index contributed by atoms with van der Waals surface area (Å²) in [5.41, 5.74) is 7.62. The standard InChI is InChI=1S/C14H12FN3/c15-13-7-12(6-5-10(13)8-16)18-14-4-2-1-3-11(14)9-17/h1-7,18H,8,16H2. The lowest BCUT2D eigenvalue weighted by Crippen LogP contribution is -2.01. The highest BCUT2D eigenvalue weighted by Crippen LogP contribution is 2.21. The second kappa shape index (κ2) is 5.30. The van der Waals surface area contributed by atoms with Crippen LogP contribution in [0.15, 0.2) is 42.5 Å². The molecule has 0 radical (unpaired) electrons. The highest BCUT2D eigenvalue weighted by molar-refractivity contribution is 5.66. The molecule has 3 N–H and O–H groups in total. The Kier molecular flexibility index (Phi) is 3.56. The zero-order valence-electron chi connectivity index (χ0n) is 9.65. The molecule has 0 bridgehead atoms. The molecule has 0 spiro atoms. The molecule has 0 atom stereocenters. The van der Waals surface area contributed by atoms with Crippen molar-refractivity contribution < 1.29 is 4.39 Å². The summed E-state index contributed by atoms with van der Waals surface area (Å²) in [5.74, 6) is -0.350.